The lowest BCUT2D eigenvalue weighted by atomic mass is 9.88. The van der Waals surface area contributed by atoms with Crippen LogP contribution in [0.25, 0.3) is 11.6 Å². The van der Waals surface area contributed by atoms with Gasteiger partial charge in [0.15, 0.2) is 11.7 Å². The number of hydrogen-bond donors (Lipinski definition) is 3. The molecule has 0 bridgehead atoms. The van der Waals surface area contributed by atoms with Gasteiger partial charge in [-0.1, -0.05) is 6.07 Å². The fraction of sp³-hybridized carbons (Fsp3) is 0.476. The van der Waals surface area contributed by atoms with Crippen molar-refractivity contribution >= 4 is 17.3 Å². The van der Waals surface area contributed by atoms with Crippen molar-refractivity contribution in [2.24, 2.45) is 10.9 Å². The van der Waals surface area contributed by atoms with Crippen LogP contribution in [0.4, 0.5) is 0 Å². The van der Waals surface area contributed by atoms with Gasteiger partial charge in [0.2, 0.25) is 5.82 Å². The standard InChI is InChI=1S/C21H29N7OS/c1-22-21(23-10-9-18-25-20(27-26-18)16-7-4-12-29-16)24-14-15-6-3-11-28(2)19(15)17-8-5-13-30-17/h4-5,7-8,12-13,15,19H,3,6,9-11,14H2,1-2H3,(H2,22,23,24)(H,25,26,27). The summed E-state index contributed by atoms with van der Waals surface area (Å²) in [6.07, 6.45) is 4.80. The molecule has 4 rings (SSSR count). The molecule has 0 aromatic carbocycles. The summed E-state index contributed by atoms with van der Waals surface area (Å²) in [7, 11) is 4.04. The molecular formula is C21H29N7OS. The Morgan fingerprint density at radius 1 is 1.37 bits per heavy atom. The maximum Gasteiger partial charge on any atom is 0.216 e. The molecule has 0 spiro atoms. The van der Waals surface area contributed by atoms with Crippen molar-refractivity contribution < 1.29 is 4.42 Å². The van der Waals surface area contributed by atoms with Gasteiger partial charge >= 0.3 is 0 Å². The molecule has 0 aliphatic carbocycles. The summed E-state index contributed by atoms with van der Waals surface area (Å²) in [4.78, 5) is 12.8. The van der Waals surface area contributed by atoms with Gasteiger partial charge in [-0.2, -0.15) is 5.10 Å². The Balaban J connectivity index is 1.26. The first kappa shape index (κ1) is 20.6. The van der Waals surface area contributed by atoms with Crippen molar-refractivity contribution in [2.75, 3.05) is 33.7 Å². The number of aromatic amines is 1. The number of rotatable bonds is 7. The fourth-order valence-electron chi connectivity index (χ4n) is 4.05. The Morgan fingerprint density at radius 3 is 3.07 bits per heavy atom. The molecule has 3 aromatic rings. The molecule has 3 N–H and O–H groups in total. The highest BCUT2D eigenvalue weighted by molar-refractivity contribution is 7.10. The van der Waals surface area contributed by atoms with E-state index in [9.17, 15) is 0 Å². The van der Waals surface area contributed by atoms with E-state index in [-0.39, 0.29) is 0 Å². The minimum absolute atomic E-state index is 0.471. The zero-order chi connectivity index (χ0) is 20.8. The molecule has 8 nitrogen and oxygen atoms in total. The minimum Gasteiger partial charge on any atom is -0.461 e. The highest BCUT2D eigenvalue weighted by Crippen LogP contribution is 2.36. The van der Waals surface area contributed by atoms with Crippen LogP contribution in [0.1, 0.15) is 29.6 Å². The van der Waals surface area contributed by atoms with Gasteiger partial charge in [-0.15, -0.1) is 11.3 Å². The minimum atomic E-state index is 0.471. The third kappa shape index (κ3) is 4.91. The predicted molar refractivity (Wildman–Crippen MR) is 120 cm³/mol. The molecular weight excluding hydrogens is 398 g/mol. The van der Waals surface area contributed by atoms with Crippen LogP contribution in [-0.2, 0) is 6.42 Å². The van der Waals surface area contributed by atoms with Crippen molar-refractivity contribution in [3.63, 3.8) is 0 Å². The molecule has 1 aliphatic rings. The maximum absolute atomic E-state index is 5.33. The van der Waals surface area contributed by atoms with E-state index >= 15 is 0 Å². The van der Waals surface area contributed by atoms with Crippen molar-refractivity contribution in [1.29, 1.82) is 0 Å². The average Bonchev–Trinajstić information content (AvgIpc) is 3.53. The lowest BCUT2D eigenvalue weighted by Crippen LogP contribution is -2.45. The van der Waals surface area contributed by atoms with Gasteiger partial charge in [0.1, 0.15) is 5.82 Å². The number of likely N-dealkylation sites (tertiary alicyclic amines) is 1. The number of hydrogen-bond acceptors (Lipinski definition) is 6. The molecule has 1 fully saturated rings. The first-order valence-electron chi connectivity index (χ1n) is 10.4. The summed E-state index contributed by atoms with van der Waals surface area (Å²) in [6.45, 7) is 2.77. The monoisotopic (exact) mass is 427 g/mol. The number of piperidine rings is 1. The van der Waals surface area contributed by atoms with Gasteiger partial charge in [-0.25, -0.2) is 4.98 Å². The number of furan rings is 1. The van der Waals surface area contributed by atoms with E-state index in [0.29, 0.717) is 30.1 Å². The number of nitrogens with one attached hydrogen (secondary N) is 3. The summed E-state index contributed by atoms with van der Waals surface area (Å²) >= 11 is 1.85. The van der Waals surface area contributed by atoms with E-state index in [1.54, 1.807) is 6.26 Å². The van der Waals surface area contributed by atoms with Crippen molar-refractivity contribution in [1.82, 2.24) is 30.7 Å². The molecule has 160 valence electrons. The second-order valence-corrected chi connectivity index (χ2v) is 8.54. The van der Waals surface area contributed by atoms with E-state index in [1.807, 2.05) is 30.5 Å². The van der Waals surface area contributed by atoms with E-state index in [4.69, 9.17) is 4.42 Å². The van der Waals surface area contributed by atoms with Crippen LogP contribution < -0.4 is 10.6 Å². The number of nitrogens with zero attached hydrogens (tertiary/aromatic N) is 4. The molecule has 2 atom stereocenters. The lowest BCUT2D eigenvalue weighted by molar-refractivity contribution is 0.125. The molecule has 4 heterocycles. The van der Waals surface area contributed by atoms with Crippen LogP contribution in [-0.4, -0.2) is 59.8 Å². The van der Waals surface area contributed by atoms with Gasteiger partial charge in [0.25, 0.3) is 0 Å². The van der Waals surface area contributed by atoms with E-state index < -0.39 is 0 Å². The first-order chi connectivity index (χ1) is 14.7. The summed E-state index contributed by atoms with van der Waals surface area (Å²) in [6, 6.07) is 8.55. The zero-order valence-electron chi connectivity index (χ0n) is 17.5. The Labute approximate surface area is 180 Å². The van der Waals surface area contributed by atoms with Crippen LogP contribution in [0.15, 0.2) is 45.3 Å². The Bertz CT molecular complexity index is 919. The van der Waals surface area contributed by atoms with Crippen LogP contribution >= 0.6 is 11.3 Å². The predicted octanol–water partition coefficient (Wildman–Crippen LogP) is 2.92. The van der Waals surface area contributed by atoms with Gasteiger partial charge in [0.05, 0.1) is 6.26 Å². The van der Waals surface area contributed by atoms with Crippen LogP contribution in [0, 0.1) is 5.92 Å². The van der Waals surface area contributed by atoms with E-state index in [1.165, 1.54) is 17.7 Å². The second kappa shape index (κ2) is 9.90. The van der Waals surface area contributed by atoms with Crippen molar-refractivity contribution in [2.45, 2.75) is 25.3 Å². The molecule has 1 aliphatic heterocycles. The molecule has 0 amide bonds. The van der Waals surface area contributed by atoms with Crippen LogP contribution in [0.3, 0.4) is 0 Å². The third-order valence-corrected chi connectivity index (χ3v) is 6.47. The highest BCUT2D eigenvalue weighted by atomic mass is 32.1. The van der Waals surface area contributed by atoms with E-state index in [2.05, 4.69) is 60.3 Å². The highest BCUT2D eigenvalue weighted by Gasteiger charge is 2.31. The quantitative estimate of drug-likeness (QED) is 0.396. The van der Waals surface area contributed by atoms with Crippen molar-refractivity contribution in [3.8, 4) is 11.6 Å². The maximum atomic E-state index is 5.33. The van der Waals surface area contributed by atoms with Gasteiger partial charge in [0, 0.05) is 37.5 Å². The smallest absolute Gasteiger partial charge is 0.216 e. The van der Waals surface area contributed by atoms with Crippen LogP contribution in [0.5, 0.6) is 0 Å². The summed E-state index contributed by atoms with van der Waals surface area (Å²) in [5, 5.41) is 16.2. The summed E-state index contributed by atoms with van der Waals surface area (Å²) < 4.78 is 5.33. The molecule has 9 heteroatoms. The average molecular weight is 428 g/mol. The Kier molecular flexibility index (Phi) is 6.81. The largest absolute Gasteiger partial charge is 0.461 e. The van der Waals surface area contributed by atoms with Crippen LogP contribution in [0.2, 0.25) is 0 Å². The number of thiophene rings is 1. The molecule has 30 heavy (non-hydrogen) atoms. The molecule has 3 aromatic heterocycles. The normalized spacial score (nSPS) is 20.4. The number of aliphatic imine (C=N–C) groups is 1. The second-order valence-electron chi connectivity index (χ2n) is 7.56. The number of guanidine groups is 1. The van der Waals surface area contributed by atoms with E-state index in [0.717, 1.165) is 31.3 Å². The third-order valence-electron chi connectivity index (χ3n) is 5.52. The van der Waals surface area contributed by atoms with Gasteiger partial charge in [-0.3, -0.25) is 15.0 Å². The lowest BCUT2D eigenvalue weighted by Gasteiger charge is -2.39. The molecule has 1 saturated heterocycles. The fourth-order valence-corrected chi connectivity index (χ4v) is 5.04. The van der Waals surface area contributed by atoms with Gasteiger partial charge in [-0.05, 0) is 55.9 Å². The molecule has 2 unspecified atom stereocenters. The molecule has 0 saturated carbocycles. The number of aromatic nitrogens is 3. The molecule has 0 radical (unpaired) electrons. The Hall–Kier alpha value is -2.65. The summed E-state index contributed by atoms with van der Waals surface area (Å²) in [5.41, 5.74) is 0. The van der Waals surface area contributed by atoms with Gasteiger partial charge < -0.3 is 15.1 Å². The zero-order valence-corrected chi connectivity index (χ0v) is 18.3. The first-order valence-corrected chi connectivity index (χ1v) is 11.3. The topological polar surface area (TPSA) is 94.4 Å². The van der Waals surface area contributed by atoms with Crippen molar-refractivity contribution in [3.05, 3.63) is 46.6 Å². The number of H-pyrrole nitrogens is 1. The Morgan fingerprint density at radius 2 is 2.30 bits per heavy atom. The SMILES string of the molecule is CN=C(NCCc1nc(-c2ccco2)n[nH]1)NCC1CCCN(C)C1c1cccs1. The summed E-state index contributed by atoms with van der Waals surface area (Å²) in [5.74, 6) is 3.44.